The standard InChI is InChI=1S/C17H27BN2O4S/c1-6-20(7-2)12-13-25(21,22)19-16-10-8-15(9-11-16)18-23-14(3)17(4,5)24-18/h8-11,19H,3,6-7,12-13H2,1-2,4-5H3. The fourth-order valence-electron chi connectivity index (χ4n) is 2.49. The van der Waals surface area contributed by atoms with Crippen LogP contribution in [0.3, 0.4) is 0 Å². The number of hydrogen-bond donors (Lipinski definition) is 1. The molecule has 1 saturated heterocycles. The molecular weight excluding hydrogens is 339 g/mol. The molecule has 1 aliphatic heterocycles. The second-order valence-electron chi connectivity index (χ2n) is 6.57. The number of rotatable bonds is 8. The van der Waals surface area contributed by atoms with Gasteiger partial charge in [-0.05, 0) is 44.5 Å². The summed E-state index contributed by atoms with van der Waals surface area (Å²) < 4.78 is 38.5. The number of anilines is 1. The monoisotopic (exact) mass is 366 g/mol. The second kappa shape index (κ2) is 7.80. The molecule has 1 aromatic rings. The normalized spacial score (nSPS) is 17.0. The molecule has 0 spiro atoms. The summed E-state index contributed by atoms with van der Waals surface area (Å²) in [6, 6.07) is 7.01. The molecule has 0 atom stereocenters. The zero-order valence-corrected chi connectivity index (χ0v) is 16.2. The second-order valence-corrected chi connectivity index (χ2v) is 8.41. The van der Waals surface area contributed by atoms with Crippen molar-refractivity contribution in [3.63, 3.8) is 0 Å². The summed E-state index contributed by atoms with van der Waals surface area (Å²) in [6.07, 6.45) is 0. The highest BCUT2D eigenvalue weighted by atomic mass is 32.2. The molecule has 6 nitrogen and oxygen atoms in total. The molecule has 25 heavy (non-hydrogen) atoms. The molecule has 1 N–H and O–H groups in total. The maximum Gasteiger partial charge on any atom is 0.563 e. The van der Waals surface area contributed by atoms with E-state index in [-0.39, 0.29) is 5.75 Å². The summed E-state index contributed by atoms with van der Waals surface area (Å²) in [4.78, 5) is 2.08. The van der Waals surface area contributed by atoms with Gasteiger partial charge in [0, 0.05) is 12.2 Å². The van der Waals surface area contributed by atoms with Crippen LogP contribution in [0.25, 0.3) is 0 Å². The van der Waals surface area contributed by atoms with Crippen molar-refractivity contribution < 1.29 is 17.7 Å². The molecule has 1 aliphatic rings. The molecule has 138 valence electrons. The third-order valence-electron chi connectivity index (χ3n) is 4.35. The van der Waals surface area contributed by atoms with Crippen molar-refractivity contribution in [1.82, 2.24) is 4.90 Å². The Hall–Kier alpha value is -1.51. The smallest absolute Gasteiger partial charge is 0.534 e. The molecule has 1 aromatic carbocycles. The lowest BCUT2D eigenvalue weighted by atomic mass is 9.79. The van der Waals surface area contributed by atoms with Crippen LogP contribution in [0.5, 0.6) is 0 Å². The van der Waals surface area contributed by atoms with Gasteiger partial charge < -0.3 is 14.2 Å². The van der Waals surface area contributed by atoms with Gasteiger partial charge in [-0.2, -0.15) is 0 Å². The fourth-order valence-corrected chi connectivity index (χ4v) is 3.59. The third kappa shape index (κ3) is 5.23. The summed E-state index contributed by atoms with van der Waals surface area (Å²) in [5.41, 5.74) is 0.812. The van der Waals surface area contributed by atoms with Gasteiger partial charge >= 0.3 is 7.12 Å². The molecule has 0 radical (unpaired) electrons. The van der Waals surface area contributed by atoms with E-state index in [4.69, 9.17) is 9.31 Å². The molecule has 0 aromatic heterocycles. The molecule has 2 rings (SSSR count). The molecule has 0 amide bonds. The van der Waals surface area contributed by atoms with Gasteiger partial charge in [0.05, 0.1) is 11.5 Å². The third-order valence-corrected chi connectivity index (χ3v) is 5.62. The minimum atomic E-state index is -3.38. The van der Waals surface area contributed by atoms with Gasteiger partial charge in [0.1, 0.15) is 5.60 Å². The molecule has 0 aliphatic carbocycles. The number of sulfonamides is 1. The van der Waals surface area contributed by atoms with E-state index < -0.39 is 22.7 Å². The Bertz CT molecular complexity index is 700. The Morgan fingerprint density at radius 3 is 2.28 bits per heavy atom. The van der Waals surface area contributed by atoms with Crippen LogP contribution in [0.15, 0.2) is 36.6 Å². The molecular formula is C17H27BN2O4S. The Morgan fingerprint density at radius 1 is 1.20 bits per heavy atom. The molecule has 1 heterocycles. The van der Waals surface area contributed by atoms with Crippen LogP contribution in [-0.2, 0) is 19.3 Å². The van der Waals surface area contributed by atoms with Crippen LogP contribution in [0.2, 0.25) is 0 Å². The minimum absolute atomic E-state index is 0.0687. The predicted octanol–water partition coefficient (Wildman–Crippen LogP) is 1.80. The SMILES string of the molecule is C=C1OB(c2ccc(NS(=O)(=O)CCN(CC)CC)cc2)OC1(C)C. The number of nitrogens with zero attached hydrogens (tertiary/aromatic N) is 1. The van der Waals surface area contributed by atoms with Crippen LogP contribution < -0.4 is 10.2 Å². The van der Waals surface area contributed by atoms with Crippen molar-refractivity contribution in [3.05, 3.63) is 36.6 Å². The zero-order valence-electron chi connectivity index (χ0n) is 15.4. The maximum atomic E-state index is 12.2. The van der Waals surface area contributed by atoms with Crippen molar-refractivity contribution in [1.29, 1.82) is 0 Å². The molecule has 0 bridgehead atoms. The Balaban J connectivity index is 1.97. The quantitative estimate of drug-likeness (QED) is 0.711. The van der Waals surface area contributed by atoms with Gasteiger partial charge in [-0.25, -0.2) is 8.42 Å². The van der Waals surface area contributed by atoms with E-state index in [2.05, 4.69) is 16.2 Å². The lowest BCUT2D eigenvalue weighted by Gasteiger charge is -2.18. The number of benzene rings is 1. The van der Waals surface area contributed by atoms with Crippen molar-refractivity contribution in [3.8, 4) is 0 Å². The lowest BCUT2D eigenvalue weighted by molar-refractivity contribution is 0.173. The predicted molar refractivity (Wildman–Crippen MR) is 102 cm³/mol. The summed E-state index contributed by atoms with van der Waals surface area (Å²) in [5, 5.41) is 0. The van der Waals surface area contributed by atoms with E-state index in [1.54, 1.807) is 24.3 Å². The van der Waals surface area contributed by atoms with Crippen LogP contribution in [0, 0.1) is 0 Å². The van der Waals surface area contributed by atoms with Gasteiger partial charge in [0.15, 0.2) is 0 Å². The van der Waals surface area contributed by atoms with Crippen LogP contribution >= 0.6 is 0 Å². The van der Waals surface area contributed by atoms with E-state index in [0.717, 1.165) is 18.6 Å². The van der Waals surface area contributed by atoms with E-state index >= 15 is 0 Å². The average molecular weight is 366 g/mol. The summed E-state index contributed by atoms with van der Waals surface area (Å²) in [7, 11) is -3.90. The summed E-state index contributed by atoms with van der Waals surface area (Å²) in [6.45, 7) is 13.9. The Labute approximate surface area is 151 Å². The van der Waals surface area contributed by atoms with Gasteiger partial charge in [0.25, 0.3) is 0 Å². The minimum Gasteiger partial charge on any atom is -0.534 e. The van der Waals surface area contributed by atoms with Gasteiger partial charge in [-0.3, -0.25) is 4.72 Å². The zero-order chi connectivity index (χ0) is 18.7. The Kier molecular flexibility index (Phi) is 6.19. The highest BCUT2D eigenvalue weighted by Crippen LogP contribution is 2.29. The van der Waals surface area contributed by atoms with Crippen LogP contribution in [-0.4, -0.2) is 51.4 Å². The van der Waals surface area contributed by atoms with Crippen LogP contribution in [0.4, 0.5) is 5.69 Å². The first-order valence-electron chi connectivity index (χ1n) is 8.53. The van der Waals surface area contributed by atoms with Crippen molar-refractivity contribution >= 4 is 28.3 Å². The van der Waals surface area contributed by atoms with E-state index in [0.29, 0.717) is 18.0 Å². The first-order chi connectivity index (χ1) is 11.7. The first kappa shape index (κ1) is 19.8. The van der Waals surface area contributed by atoms with Crippen molar-refractivity contribution in [2.45, 2.75) is 33.3 Å². The lowest BCUT2D eigenvalue weighted by Crippen LogP contribution is -2.34. The molecule has 0 unspecified atom stereocenters. The molecule has 0 saturated carbocycles. The van der Waals surface area contributed by atoms with Crippen molar-refractivity contribution in [2.75, 3.05) is 30.1 Å². The topological polar surface area (TPSA) is 67.9 Å². The van der Waals surface area contributed by atoms with Gasteiger partial charge in [-0.15, -0.1) is 0 Å². The highest BCUT2D eigenvalue weighted by molar-refractivity contribution is 7.92. The van der Waals surface area contributed by atoms with Crippen LogP contribution in [0.1, 0.15) is 27.7 Å². The number of hydrogen-bond acceptors (Lipinski definition) is 5. The maximum absolute atomic E-state index is 12.2. The Morgan fingerprint density at radius 2 is 1.80 bits per heavy atom. The highest BCUT2D eigenvalue weighted by Gasteiger charge is 2.42. The fraction of sp³-hybridized carbons (Fsp3) is 0.529. The summed E-state index contributed by atoms with van der Waals surface area (Å²) in [5.74, 6) is 0.651. The average Bonchev–Trinajstić information content (AvgIpc) is 2.82. The first-order valence-corrected chi connectivity index (χ1v) is 10.2. The van der Waals surface area contributed by atoms with E-state index in [1.807, 2.05) is 27.7 Å². The van der Waals surface area contributed by atoms with E-state index in [1.165, 1.54) is 0 Å². The van der Waals surface area contributed by atoms with Crippen molar-refractivity contribution in [2.24, 2.45) is 0 Å². The number of nitrogens with one attached hydrogen (secondary N) is 1. The van der Waals surface area contributed by atoms with E-state index in [9.17, 15) is 8.42 Å². The summed E-state index contributed by atoms with van der Waals surface area (Å²) >= 11 is 0. The van der Waals surface area contributed by atoms with Gasteiger partial charge in [0.2, 0.25) is 10.0 Å². The largest absolute Gasteiger partial charge is 0.563 e. The molecule has 8 heteroatoms. The van der Waals surface area contributed by atoms with Gasteiger partial charge in [-0.1, -0.05) is 32.6 Å². The molecule has 1 fully saturated rings.